The number of nitrogens with one attached hydrogen (secondary N) is 3. The maximum absolute atomic E-state index is 10.2. The molecule has 6 N–H and O–H groups in total. The molecule has 0 atom stereocenters. The fraction of sp³-hybridized carbons (Fsp3) is 0.214. The largest absolute Gasteiger partial charge is 0.480 e. The molecule has 2 aliphatic rings. The number of rotatable bonds is 6. The first-order valence-electron chi connectivity index (χ1n) is 7.19. The van der Waals surface area contributed by atoms with E-state index in [1.807, 2.05) is 12.1 Å². The van der Waals surface area contributed by atoms with Gasteiger partial charge in [-0.25, -0.2) is 15.0 Å². The Balaban J connectivity index is 0.000000217. The second-order valence-corrected chi connectivity index (χ2v) is 4.63. The molecule has 1 aromatic heterocycles. The van der Waals surface area contributed by atoms with E-state index in [2.05, 4.69) is 30.6 Å². The molecular weight excluding hydrogens is 330 g/mol. The lowest BCUT2D eigenvalue weighted by atomic mass is 10.3. The van der Waals surface area contributed by atoms with Crippen molar-refractivity contribution in [3.63, 3.8) is 0 Å². The van der Waals surface area contributed by atoms with E-state index in [0.717, 1.165) is 17.3 Å². The van der Waals surface area contributed by atoms with Gasteiger partial charge in [0.25, 0.3) is 0 Å². The van der Waals surface area contributed by atoms with Crippen LogP contribution >= 0.6 is 0 Å². The van der Waals surface area contributed by atoms with Crippen LogP contribution in [0.1, 0.15) is 5.76 Å². The van der Waals surface area contributed by atoms with Crippen LogP contribution in [0.5, 0.6) is 0 Å². The van der Waals surface area contributed by atoms with Gasteiger partial charge in [0.05, 0.1) is 25.7 Å². The van der Waals surface area contributed by atoms with Crippen molar-refractivity contribution in [2.45, 2.75) is 6.54 Å². The molecule has 132 valence electrons. The molecule has 2 aliphatic heterocycles. The minimum Gasteiger partial charge on any atom is -0.480 e. The summed E-state index contributed by atoms with van der Waals surface area (Å²) in [7, 11) is 0. The van der Waals surface area contributed by atoms with Gasteiger partial charge in [-0.15, -0.1) is 0 Å². The molecule has 0 aliphatic carbocycles. The van der Waals surface area contributed by atoms with Crippen LogP contribution in [0.4, 0.5) is 5.82 Å². The van der Waals surface area contributed by atoms with Crippen molar-refractivity contribution in [2.75, 3.05) is 18.4 Å². The average molecular weight is 347 g/mol. The average Bonchev–Trinajstić information content (AvgIpc) is 3.29. The third kappa shape index (κ3) is 5.58. The summed E-state index contributed by atoms with van der Waals surface area (Å²) in [6.07, 6.45) is 4.72. The number of hydrogen-bond donors (Lipinski definition) is 5. The zero-order valence-electron chi connectivity index (χ0n) is 13.1. The van der Waals surface area contributed by atoms with E-state index in [1.54, 1.807) is 12.6 Å². The number of hydrogen-bond acceptors (Lipinski definition) is 8. The number of imidazole rings is 1. The van der Waals surface area contributed by atoms with Gasteiger partial charge in [-0.05, 0) is 12.1 Å². The topological polar surface area (TPSA) is 172 Å². The molecule has 1 amide bonds. The maximum Gasteiger partial charge on any atom is 0.322 e. The fourth-order valence-electron chi connectivity index (χ4n) is 1.73. The number of carbonyl (C=O) groups is 2. The summed E-state index contributed by atoms with van der Waals surface area (Å²) in [5, 5.41) is 13.3. The number of carbonyl (C=O) groups excluding carboxylic acids is 1. The third-order valence-corrected chi connectivity index (χ3v) is 2.85. The highest BCUT2D eigenvalue weighted by molar-refractivity contribution is 5.82. The van der Waals surface area contributed by atoms with Gasteiger partial charge in [-0.1, -0.05) is 0 Å². The van der Waals surface area contributed by atoms with Crippen LogP contribution in [-0.2, 0) is 16.1 Å². The number of carboxylic acids is 1. The van der Waals surface area contributed by atoms with Crippen molar-refractivity contribution in [3.05, 3.63) is 36.8 Å². The molecule has 0 saturated carbocycles. The van der Waals surface area contributed by atoms with Gasteiger partial charge >= 0.3 is 5.97 Å². The van der Waals surface area contributed by atoms with Gasteiger partial charge < -0.3 is 30.9 Å². The van der Waals surface area contributed by atoms with Crippen LogP contribution in [0.25, 0.3) is 11.5 Å². The van der Waals surface area contributed by atoms with Gasteiger partial charge in [-0.2, -0.15) is 0 Å². The lowest BCUT2D eigenvalue weighted by molar-refractivity contribution is -0.137. The van der Waals surface area contributed by atoms with Gasteiger partial charge in [-0.3, -0.25) is 9.59 Å². The number of aromatic nitrogens is 4. The highest BCUT2D eigenvalue weighted by Gasteiger charge is 2.12. The zero-order valence-corrected chi connectivity index (χ0v) is 13.1. The quantitative estimate of drug-likeness (QED) is 0.399. The number of aromatic amines is 1. The van der Waals surface area contributed by atoms with Crippen LogP contribution in [0.2, 0.25) is 0 Å². The highest BCUT2D eigenvalue weighted by Crippen LogP contribution is 2.21. The van der Waals surface area contributed by atoms with Crippen molar-refractivity contribution < 1.29 is 19.1 Å². The van der Waals surface area contributed by atoms with E-state index in [9.17, 15) is 9.59 Å². The summed E-state index contributed by atoms with van der Waals surface area (Å²) >= 11 is 0. The fourth-order valence-corrected chi connectivity index (χ4v) is 1.73. The number of amides is 1. The van der Waals surface area contributed by atoms with Crippen LogP contribution in [0.3, 0.4) is 0 Å². The number of aliphatic carboxylic acids is 1. The van der Waals surface area contributed by atoms with E-state index in [4.69, 9.17) is 15.3 Å². The molecule has 3 heterocycles. The lowest BCUT2D eigenvalue weighted by Crippen LogP contribution is -2.34. The second kappa shape index (κ2) is 8.98. The Morgan fingerprint density at radius 3 is 2.84 bits per heavy atom. The van der Waals surface area contributed by atoms with Crippen molar-refractivity contribution in [1.82, 2.24) is 25.3 Å². The number of carboxylic acid groups (broad SMARTS) is 1. The lowest BCUT2D eigenvalue weighted by Gasteiger charge is -2.06. The van der Waals surface area contributed by atoms with Crippen molar-refractivity contribution in [2.24, 2.45) is 5.73 Å². The van der Waals surface area contributed by atoms with E-state index in [0.29, 0.717) is 12.4 Å². The normalized spacial score (nSPS) is 9.96. The van der Waals surface area contributed by atoms with E-state index < -0.39 is 11.9 Å². The summed E-state index contributed by atoms with van der Waals surface area (Å²) in [6.45, 7) is 0.0544. The molecule has 0 radical (unpaired) electrons. The van der Waals surface area contributed by atoms with Gasteiger partial charge in [0.1, 0.15) is 30.1 Å². The molecular formula is C14H17N7O4. The van der Waals surface area contributed by atoms with Crippen LogP contribution in [0, 0.1) is 0 Å². The minimum absolute atomic E-state index is 0.173. The summed E-state index contributed by atoms with van der Waals surface area (Å²) in [5.74, 6) is 0.742. The molecule has 25 heavy (non-hydrogen) atoms. The number of H-pyrrole nitrogens is 1. The number of fused-ring (bicyclic) bond motifs is 1. The van der Waals surface area contributed by atoms with Gasteiger partial charge in [0.15, 0.2) is 5.82 Å². The highest BCUT2D eigenvalue weighted by atomic mass is 16.4. The summed E-state index contributed by atoms with van der Waals surface area (Å²) in [6, 6.07) is 3.76. The summed E-state index contributed by atoms with van der Waals surface area (Å²) in [4.78, 5) is 35.2. The Hall–Kier alpha value is -3.47. The second-order valence-electron chi connectivity index (χ2n) is 4.63. The Morgan fingerprint density at radius 2 is 2.16 bits per heavy atom. The molecule has 3 rings (SSSR count). The van der Waals surface area contributed by atoms with Gasteiger partial charge in [0.2, 0.25) is 5.91 Å². The Morgan fingerprint density at radius 1 is 1.32 bits per heavy atom. The van der Waals surface area contributed by atoms with Crippen LogP contribution in [-0.4, -0.2) is 50.0 Å². The number of furan rings is 1. The standard InChI is InChI=1S/C10H9N5O.C4H8N2O3/c1-2-7(16-3-1)4-11-9-8-10(13-5-12-8)15-6-14-9;5-1-3(7)6-2-4(8)9/h1-3,5-6H,4H2,(H2,11,12,13,14,15);1-2,5H2,(H,6,7)(H,8,9). The maximum atomic E-state index is 10.2. The van der Waals surface area contributed by atoms with Crippen molar-refractivity contribution in [1.29, 1.82) is 0 Å². The van der Waals surface area contributed by atoms with Crippen molar-refractivity contribution in [3.8, 4) is 11.5 Å². The van der Waals surface area contributed by atoms with E-state index >= 15 is 0 Å². The van der Waals surface area contributed by atoms with Crippen LogP contribution in [0.15, 0.2) is 35.5 Å². The molecule has 0 fully saturated rings. The molecule has 0 spiro atoms. The van der Waals surface area contributed by atoms with Gasteiger partial charge in [0, 0.05) is 0 Å². The zero-order chi connectivity index (χ0) is 18.1. The molecule has 11 nitrogen and oxygen atoms in total. The van der Waals surface area contributed by atoms with E-state index in [1.165, 1.54) is 6.33 Å². The van der Waals surface area contributed by atoms with Crippen LogP contribution < -0.4 is 16.4 Å². The van der Waals surface area contributed by atoms with Crippen molar-refractivity contribution >= 4 is 17.7 Å². The summed E-state index contributed by atoms with van der Waals surface area (Å²) < 4.78 is 5.22. The predicted octanol–water partition coefficient (Wildman–Crippen LogP) is -0.344. The number of nitrogens with zero attached hydrogens (tertiary/aromatic N) is 3. The molecule has 0 aromatic carbocycles. The first kappa shape index (κ1) is 17.9. The molecule has 0 unspecified atom stereocenters. The first-order valence-corrected chi connectivity index (χ1v) is 7.19. The number of nitrogens with two attached hydrogens (primary N) is 1. The van der Waals surface area contributed by atoms with E-state index in [-0.39, 0.29) is 13.1 Å². The molecule has 0 bridgehead atoms. The Labute approximate surface area is 142 Å². The molecule has 11 heteroatoms. The number of anilines is 1. The SMILES string of the molecule is NCC(=O)NCC(=O)O.c1coc(CNc2[nH]cnc3ncnc2-3)c1. The molecule has 1 aromatic rings. The first-order chi connectivity index (χ1) is 12.1. The molecule has 0 saturated heterocycles. The Bertz CT molecular complexity index is 771. The Kier molecular flexibility index (Phi) is 6.42. The minimum atomic E-state index is -1.07. The third-order valence-electron chi connectivity index (χ3n) is 2.85. The predicted molar refractivity (Wildman–Crippen MR) is 86.5 cm³/mol. The monoisotopic (exact) mass is 347 g/mol. The summed E-state index contributed by atoms with van der Waals surface area (Å²) in [5.41, 5.74) is 5.58. The smallest absolute Gasteiger partial charge is 0.322 e.